The van der Waals surface area contributed by atoms with Crippen molar-refractivity contribution in [2.75, 3.05) is 26.7 Å². The number of benzene rings is 2. The fourth-order valence-corrected chi connectivity index (χ4v) is 6.31. The number of sulfonamides is 1. The molecular weight excluding hydrogens is 455 g/mol. The van der Waals surface area contributed by atoms with Gasteiger partial charge in [0.2, 0.25) is 15.9 Å². The normalized spacial score (nSPS) is 20.5. The van der Waals surface area contributed by atoms with Crippen LogP contribution in [0.2, 0.25) is 5.02 Å². The first kappa shape index (κ1) is 23.0. The molecule has 2 aliphatic heterocycles. The molecule has 9 heteroatoms. The van der Waals surface area contributed by atoms with Crippen LogP contribution in [0.1, 0.15) is 37.3 Å². The van der Waals surface area contributed by atoms with Gasteiger partial charge >= 0.3 is 0 Å². The fraction of sp³-hybridized carbons (Fsp3) is 0.435. The van der Waals surface area contributed by atoms with Gasteiger partial charge < -0.3 is 9.64 Å². The summed E-state index contributed by atoms with van der Waals surface area (Å²) in [7, 11) is -2.16. The molecule has 2 aromatic carbocycles. The number of carbonyl (C=O) groups is 1. The molecule has 1 atom stereocenters. The Balaban J connectivity index is 1.42. The van der Waals surface area contributed by atoms with Gasteiger partial charge in [-0.2, -0.15) is 4.31 Å². The van der Waals surface area contributed by atoms with Crippen molar-refractivity contribution >= 4 is 27.5 Å². The van der Waals surface area contributed by atoms with Gasteiger partial charge in [-0.15, -0.1) is 0 Å². The molecule has 0 aliphatic carbocycles. The van der Waals surface area contributed by atoms with Crippen molar-refractivity contribution in [2.24, 2.45) is 5.92 Å². The molecule has 2 aromatic rings. The summed E-state index contributed by atoms with van der Waals surface area (Å²) < 4.78 is 45.8. The Hall–Kier alpha value is -2.16. The van der Waals surface area contributed by atoms with Crippen LogP contribution in [-0.4, -0.2) is 50.3 Å². The van der Waals surface area contributed by atoms with Crippen molar-refractivity contribution in [3.8, 4) is 5.75 Å². The summed E-state index contributed by atoms with van der Waals surface area (Å²) in [6, 6.07) is 11.2. The predicted octanol–water partition coefficient (Wildman–Crippen LogP) is 4.25. The molecule has 0 radical (unpaired) electrons. The monoisotopic (exact) mass is 480 g/mol. The lowest BCUT2D eigenvalue weighted by atomic mass is 9.95. The highest BCUT2D eigenvalue weighted by molar-refractivity contribution is 7.89. The molecule has 0 spiro atoms. The number of piperidine rings is 1. The van der Waals surface area contributed by atoms with Gasteiger partial charge in [0.25, 0.3) is 0 Å². The van der Waals surface area contributed by atoms with Crippen LogP contribution in [0.25, 0.3) is 0 Å². The van der Waals surface area contributed by atoms with Crippen LogP contribution in [0.3, 0.4) is 0 Å². The average Bonchev–Trinajstić information content (AvgIpc) is 3.30. The fourth-order valence-electron chi connectivity index (χ4n) is 4.57. The van der Waals surface area contributed by atoms with E-state index in [4.69, 9.17) is 16.3 Å². The minimum Gasteiger partial charge on any atom is -0.497 e. The zero-order chi connectivity index (χ0) is 22.9. The quantitative estimate of drug-likeness (QED) is 0.641. The minimum absolute atomic E-state index is 0.0345. The number of methoxy groups -OCH3 is 1. The summed E-state index contributed by atoms with van der Waals surface area (Å²) in [5.41, 5.74) is 1.09. The molecule has 0 aromatic heterocycles. The average molecular weight is 481 g/mol. The highest BCUT2D eigenvalue weighted by Crippen LogP contribution is 2.36. The van der Waals surface area contributed by atoms with Gasteiger partial charge in [-0.05, 0) is 61.6 Å². The third-order valence-electron chi connectivity index (χ3n) is 6.37. The van der Waals surface area contributed by atoms with E-state index in [9.17, 15) is 17.6 Å². The van der Waals surface area contributed by atoms with E-state index in [1.54, 1.807) is 7.11 Å². The standard InChI is InChI=1S/C23H26ClFN2O4S/c1-31-18-6-4-16(5-7-18)22-3-2-12-27(22)23(28)17-10-13-26(14-11-17)32(29,30)19-8-9-21(25)20(24)15-19/h4-9,15,17,22H,2-3,10-14H2,1H3/t22-/m1/s1. The Morgan fingerprint density at radius 2 is 1.75 bits per heavy atom. The molecule has 0 saturated carbocycles. The molecule has 6 nitrogen and oxygen atoms in total. The maximum Gasteiger partial charge on any atom is 0.243 e. The number of halogens is 2. The third-order valence-corrected chi connectivity index (χ3v) is 8.55. The molecule has 0 bridgehead atoms. The summed E-state index contributed by atoms with van der Waals surface area (Å²) in [5.74, 6) is -0.00473. The first-order valence-electron chi connectivity index (χ1n) is 10.7. The number of rotatable bonds is 5. The number of nitrogens with zero attached hydrogens (tertiary/aromatic N) is 2. The molecule has 2 fully saturated rings. The number of likely N-dealkylation sites (tertiary alicyclic amines) is 1. The molecule has 2 heterocycles. The van der Waals surface area contributed by atoms with Crippen LogP contribution in [0.15, 0.2) is 47.4 Å². The first-order valence-corrected chi connectivity index (χ1v) is 12.5. The Bertz CT molecular complexity index is 1090. The molecule has 0 N–H and O–H groups in total. The molecule has 0 unspecified atom stereocenters. The van der Waals surface area contributed by atoms with Crippen LogP contribution in [0.4, 0.5) is 4.39 Å². The first-order chi connectivity index (χ1) is 15.3. The van der Waals surface area contributed by atoms with E-state index >= 15 is 0 Å². The van der Waals surface area contributed by atoms with E-state index in [2.05, 4.69) is 0 Å². The van der Waals surface area contributed by atoms with Gasteiger partial charge in [0.05, 0.1) is 23.1 Å². The van der Waals surface area contributed by atoms with Crippen molar-refractivity contribution in [2.45, 2.75) is 36.6 Å². The molecule has 32 heavy (non-hydrogen) atoms. The van der Waals surface area contributed by atoms with E-state index in [0.29, 0.717) is 19.4 Å². The summed E-state index contributed by atoms with van der Waals surface area (Å²) in [5, 5.41) is -0.227. The SMILES string of the molecule is COc1ccc([C@H]2CCCN2C(=O)C2CCN(S(=O)(=O)c3ccc(F)c(Cl)c3)CC2)cc1. The van der Waals surface area contributed by atoms with Gasteiger partial charge in [-0.1, -0.05) is 23.7 Å². The molecule has 2 aliphatic rings. The van der Waals surface area contributed by atoms with Gasteiger partial charge in [0, 0.05) is 25.6 Å². The highest BCUT2D eigenvalue weighted by atomic mass is 35.5. The van der Waals surface area contributed by atoms with Crippen molar-refractivity contribution in [1.82, 2.24) is 9.21 Å². The van der Waals surface area contributed by atoms with E-state index in [1.807, 2.05) is 29.2 Å². The van der Waals surface area contributed by atoms with Gasteiger partial charge in [-0.25, -0.2) is 12.8 Å². The van der Waals surface area contributed by atoms with Crippen molar-refractivity contribution < 1.29 is 22.3 Å². The second-order valence-corrected chi connectivity index (χ2v) is 10.6. The Morgan fingerprint density at radius 1 is 1.06 bits per heavy atom. The zero-order valence-electron chi connectivity index (χ0n) is 17.8. The molecule has 1 amide bonds. The second-order valence-electron chi connectivity index (χ2n) is 8.22. The van der Waals surface area contributed by atoms with Crippen LogP contribution < -0.4 is 4.74 Å². The van der Waals surface area contributed by atoms with Crippen LogP contribution >= 0.6 is 11.6 Å². The maximum absolute atomic E-state index is 13.4. The smallest absolute Gasteiger partial charge is 0.243 e. The highest BCUT2D eigenvalue weighted by Gasteiger charge is 2.37. The number of carbonyl (C=O) groups excluding carboxylic acids is 1. The molecule has 172 valence electrons. The van der Waals surface area contributed by atoms with Crippen molar-refractivity contribution in [1.29, 1.82) is 0 Å². The topological polar surface area (TPSA) is 66.9 Å². The second kappa shape index (κ2) is 9.37. The van der Waals surface area contributed by atoms with Crippen molar-refractivity contribution in [3.05, 3.63) is 58.9 Å². The summed E-state index contributed by atoms with van der Waals surface area (Å²) in [6.07, 6.45) is 2.77. The Kier molecular flexibility index (Phi) is 6.74. The van der Waals surface area contributed by atoms with Crippen LogP contribution in [0.5, 0.6) is 5.75 Å². The molecular formula is C23H26ClFN2O4S. The van der Waals surface area contributed by atoms with E-state index in [0.717, 1.165) is 36.3 Å². The number of ether oxygens (including phenoxy) is 1. The largest absolute Gasteiger partial charge is 0.497 e. The van der Waals surface area contributed by atoms with Gasteiger partial charge in [0.15, 0.2) is 0 Å². The van der Waals surface area contributed by atoms with Crippen LogP contribution in [-0.2, 0) is 14.8 Å². The lowest BCUT2D eigenvalue weighted by Crippen LogP contribution is -2.44. The summed E-state index contributed by atoms with van der Waals surface area (Å²) in [6.45, 7) is 1.20. The lowest BCUT2D eigenvalue weighted by Gasteiger charge is -2.34. The number of amides is 1. The van der Waals surface area contributed by atoms with E-state index in [1.165, 1.54) is 10.4 Å². The molecule has 4 rings (SSSR count). The minimum atomic E-state index is -3.78. The van der Waals surface area contributed by atoms with Gasteiger partial charge in [-0.3, -0.25) is 4.79 Å². The molecule has 2 saturated heterocycles. The van der Waals surface area contributed by atoms with E-state index < -0.39 is 15.8 Å². The summed E-state index contributed by atoms with van der Waals surface area (Å²) >= 11 is 5.76. The number of hydrogen-bond acceptors (Lipinski definition) is 4. The lowest BCUT2D eigenvalue weighted by molar-refractivity contribution is -0.137. The van der Waals surface area contributed by atoms with Crippen LogP contribution in [0, 0.1) is 11.7 Å². The summed E-state index contributed by atoms with van der Waals surface area (Å²) in [4.78, 5) is 15.2. The number of hydrogen-bond donors (Lipinski definition) is 0. The van der Waals surface area contributed by atoms with Gasteiger partial charge in [0.1, 0.15) is 11.6 Å². The predicted molar refractivity (Wildman–Crippen MR) is 120 cm³/mol. The maximum atomic E-state index is 13.4. The Morgan fingerprint density at radius 3 is 2.38 bits per heavy atom. The van der Waals surface area contributed by atoms with Crippen molar-refractivity contribution in [3.63, 3.8) is 0 Å². The zero-order valence-corrected chi connectivity index (χ0v) is 19.4. The van der Waals surface area contributed by atoms with E-state index in [-0.39, 0.29) is 40.9 Å². The third kappa shape index (κ3) is 4.49. The Labute approximate surface area is 193 Å².